The minimum absolute atomic E-state index is 0.0927. The number of H-pyrrole nitrogens is 1. The summed E-state index contributed by atoms with van der Waals surface area (Å²) in [5.41, 5.74) is 3.10. The van der Waals surface area contributed by atoms with Gasteiger partial charge in [-0.05, 0) is 24.5 Å². The van der Waals surface area contributed by atoms with Crippen molar-refractivity contribution in [2.45, 2.75) is 64.1 Å². The first-order valence-corrected chi connectivity index (χ1v) is 10.2. The Morgan fingerprint density at radius 1 is 1.29 bits per heavy atom. The second-order valence-corrected chi connectivity index (χ2v) is 7.71. The molecule has 1 atom stereocenters. The van der Waals surface area contributed by atoms with Crippen molar-refractivity contribution in [2.24, 2.45) is 0 Å². The first kappa shape index (κ1) is 18.7. The van der Waals surface area contributed by atoms with Gasteiger partial charge < -0.3 is 20.0 Å². The van der Waals surface area contributed by atoms with Gasteiger partial charge in [0.05, 0.1) is 5.69 Å². The van der Waals surface area contributed by atoms with Gasteiger partial charge in [0.1, 0.15) is 12.3 Å². The fourth-order valence-corrected chi connectivity index (χ4v) is 4.09. The van der Waals surface area contributed by atoms with Crippen LogP contribution in [0.4, 0.5) is 0 Å². The van der Waals surface area contributed by atoms with Crippen LogP contribution < -0.4 is 10.6 Å². The number of nitrogens with zero attached hydrogens (tertiary/aromatic N) is 1. The van der Waals surface area contributed by atoms with Gasteiger partial charge in [0.15, 0.2) is 0 Å². The molecule has 6 heteroatoms. The molecule has 148 valence electrons. The molecule has 1 saturated carbocycles. The number of carbonyl (C=O) groups excluding carboxylic acids is 1. The number of aromatic amines is 1. The normalized spacial score (nSPS) is 16.3. The zero-order chi connectivity index (χ0) is 19.3. The van der Waals surface area contributed by atoms with Gasteiger partial charge in [-0.2, -0.15) is 0 Å². The van der Waals surface area contributed by atoms with Gasteiger partial charge in [-0.25, -0.2) is 4.98 Å². The third-order valence-corrected chi connectivity index (χ3v) is 5.52. The lowest BCUT2D eigenvalue weighted by atomic mass is 9.95. The molecule has 28 heavy (non-hydrogen) atoms. The number of benzene rings is 1. The van der Waals surface area contributed by atoms with Gasteiger partial charge in [0.25, 0.3) is 0 Å². The SMILES string of the molecule is CC(=O)NC(Cc1c[nH]c2ccccc12)c1nc(CNC2CCCCC2)co1. The molecule has 1 unspecified atom stereocenters. The van der Waals surface area contributed by atoms with E-state index in [1.54, 1.807) is 6.26 Å². The maximum Gasteiger partial charge on any atom is 0.217 e. The summed E-state index contributed by atoms with van der Waals surface area (Å²) >= 11 is 0. The van der Waals surface area contributed by atoms with Crippen LogP contribution in [0.2, 0.25) is 0 Å². The van der Waals surface area contributed by atoms with Gasteiger partial charge >= 0.3 is 0 Å². The van der Waals surface area contributed by atoms with E-state index in [1.165, 1.54) is 39.0 Å². The summed E-state index contributed by atoms with van der Waals surface area (Å²) in [5, 5.41) is 7.73. The summed E-state index contributed by atoms with van der Waals surface area (Å²) in [5.74, 6) is 0.464. The van der Waals surface area contributed by atoms with Crippen LogP contribution in [0.1, 0.15) is 62.2 Å². The molecule has 1 aliphatic rings. The Morgan fingerprint density at radius 3 is 2.93 bits per heavy atom. The first-order valence-electron chi connectivity index (χ1n) is 10.2. The Bertz CT molecular complexity index is 923. The third-order valence-electron chi connectivity index (χ3n) is 5.52. The molecular weight excluding hydrogens is 352 g/mol. The van der Waals surface area contributed by atoms with E-state index in [9.17, 15) is 4.79 Å². The Labute approximate surface area is 165 Å². The van der Waals surface area contributed by atoms with Crippen LogP contribution in [0.25, 0.3) is 10.9 Å². The zero-order valence-electron chi connectivity index (χ0n) is 16.3. The van der Waals surface area contributed by atoms with Crippen LogP contribution in [-0.4, -0.2) is 21.9 Å². The highest BCUT2D eigenvalue weighted by molar-refractivity contribution is 5.83. The molecular formula is C22H28N4O2. The molecule has 0 saturated heterocycles. The van der Waals surface area contributed by atoms with E-state index < -0.39 is 0 Å². The second kappa shape index (κ2) is 8.61. The highest BCUT2D eigenvalue weighted by Gasteiger charge is 2.21. The van der Waals surface area contributed by atoms with Crippen molar-refractivity contribution in [2.75, 3.05) is 0 Å². The number of nitrogens with one attached hydrogen (secondary N) is 3. The molecule has 1 aliphatic carbocycles. The maximum absolute atomic E-state index is 11.8. The summed E-state index contributed by atoms with van der Waals surface area (Å²) in [6, 6.07) is 8.44. The van der Waals surface area contributed by atoms with Crippen LogP contribution in [-0.2, 0) is 17.8 Å². The Hall–Kier alpha value is -2.60. The number of hydrogen-bond acceptors (Lipinski definition) is 4. The van der Waals surface area contributed by atoms with Crippen LogP contribution in [0.15, 0.2) is 41.1 Å². The number of carbonyl (C=O) groups is 1. The fourth-order valence-electron chi connectivity index (χ4n) is 4.09. The summed E-state index contributed by atoms with van der Waals surface area (Å²) in [6.07, 6.45) is 10.7. The first-order chi connectivity index (χ1) is 13.7. The van der Waals surface area contributed by atoms with Gasteiger partial charge in [-0.1, -0.05) is 37.5 Å². The van der Waals surface area contributed by atoms with Crippen LogP contribution >= 0.6 is 0 Å². The van der Waals surface area contributed by atoms with Crippen molar-refractivity contribution in [1.29, 1.82) is 0 Å². The van der Waals surface area contributed by atoms with E-state index in [0.717, 1.165) is 22.2 Å². The summed E-state index contributed by atoms with van der Waals surface area (Å²) in [7, 11) is 0. The summed E-state index contributed by atoms with van der Waals surface area (Å²) < 4.78 is 5.75. The number of oxazole rings is 1. The molecule has 1 fully saturated rings. The lowest BCUT2D eigenvalue weighted by molar-refractivity contribution is -0.119. The molecule has 1 amide bonds. The molecule has 3 aromatic rings. The smallest absolute Gasteiger partial charge is 0.217 e. The van der Waals surface area contributed by atoms with Crippen molar-refractivity contribution in [3.8, 4) is 0 Å². The third kappa shape index (κ3) is 4.44. The maximum atomic E-state index is 11.8. The highest BCUT2D eigenvalue weighted by atomic mass is 16.3. The summed E-state index contributed by atoms with van der Waals surface area (Å²) in [4.78, 5) is 19.7. The standard InChI is InChI=1S/C22H28N4O2/c1-15(27)25-21(11-16-12-24-20-10-6-5-9-19(16)20)22-26-18(14-28-22)13-23-17-7-3-2-4-8-17/h5-6,9-10,12,14,17,21,23-24H,2-4,7-8,11,13H2,1H3,(H,25,27). The number of hydrogen-bond donors (Lipinski definition) is 3. The van der Waals surface area contributed by atoms with E-state index in [2.05, 4.69) is 26.7 Å². The lowest BCUT2D eigenvalue weighted by Gasteiger charge is -2.22. The van der Waals surface area contributed by atoms with Crippen molar-refractivity contribution in [1.82, 2.24) is 20.6 Å². The molecule has 1 aromatic carbocycles. The Kier molecular flexibility index (Phi) is 5.76. The largest absolute Gasteiger partial charge is 0.446 e. The predicted molar refractivity (Wildman–Crippen MR) is 109 cm³/mol. The number of aromatic nitrogens is 2. The van der Waals surface area contributed by atoms with Crippen molar-refractivity contribution in [3.05, 3.63) is 53.9 Å². The van der Waals surface area contributed by atoms with Gasteiger partial charge in [0.2, 0.25) is 11.8 Å². The molecule has 0 radical (unpaired) electrons. The molecule has 2 aromatic heterocycles. The fraction of sp³-hybridized carbons (Fsp3) is 0.455. The summed E-state index contributed by atoms with van der Waals surface area (Å²) in [6.45, 7) is 2.23. The second-order valence-electron chi connectivity index (χ2n) is 7.71. The van der Waals surface area contributed by atoms with Crippen LogP contribution in [0, 0.1) is 0 Å². The van der Waals surface area contributed by atoms with E-state index in [-0.39, 0.29) is 11.9 Å². The molecule has 6 nitrogen and oxygen atoms in total. The number of amides is 1. The van der Waals surface area contributed by atoms with Gasteiger partial charge in [-0.15, -0.1) is 0 Å². The minimum atomic E-state index is -0.292. The number of fused-ring (bicyclic) bond motifs is 1. The number of para-hydroxylation sites is 1. The van der Waals surface area contributed by atoms with Gasteiger partial charge in [0, 0.05) is 43.0 Å². The minimum Gasteiger partial charge on any atom is -0.446 e. The van der Waals surface area contributed by atoms with Crippen molar-refractivity contribution in [3.63, 3.8) is 0 Å². The van der Waals surface area contributed by atoms with Gasteiger partial charge in [-0.3, -0.25) is 4.79 Å². The van der Waals surface area contributed by atoms with E-state index >= 15 is 0 Å². The zero-order valence-corrected chi connectivity index (χ0v) is 16.3. The topological polar surface area (TPSA) is 83.0 Å². The Balaban J connectivity index is 1.46. The highest BCUT2D eigenvalue weighted by Crippen LogP contribution is 2.25. The van der Waals surface area contributed by atoms with E-state index in [0.29, 0.717) is 24.9 Å². The van der Waals surface area contributed by atoms with Crippen LogP contribution in [0.3, 0.4) is 0 Å². The Morgan fingerprint density at radius 2 is 2.11 bits per heavy atom. The monoisotopic (exact) mass is 380 g/mol. The molecule has 0 spiro atoms. The molecule has 0 bridgehead atoms. The molecule has 4 rings (SSSR count). The van der Waals surface area contributed by atoms with E-state index in [4.69, 9.17) is 4.42 Å². The van der Waals surface area contributed by atoms with Crippen LogP contribution in [0.5, 0.6) is 0 Å². The quantitative estimate of drug-likeness (QED) is 0.579. The van der Waals surface area contributed by atoms with E-state index in [1.807, 2.05) is 24.4 Å². The van der Waals surface area contributed by atoms with Crippen molar-refractivity contribution >= 4 is 16.8 Å². The molecule has 0 aliphatic heterocycles. The number of rotatable bonds is 7. The average molecular weight is 380 g/mol. The molecule has 3 N–H and O–H groups in total. The molecule has 2 heterocycles. The average Bonchev–Trinajstić information content (AvgIpc) is 3.34. The van der Waals surface area contributed by atoms with Crippen molar-refractivity contribution < 1.29 is 9.21 Å². The predicted octanol–water partition coefficient (Wildman–Crippen LogP) is 4.00. The lowest BCUT2D eigenvalue weighted by Crippen LogP contribution is -2.30.